The second kappa shape index (κ2) is 19.5. The van der Waals surface area contributed by atoms with Crippen LogP contribution in [0.1, 0.15) is 85.4 Å². The third kappa shape index (κ3) is 10.1. The topological polar surface area (TPSA) is 204 Å². The molecule has 1 aromatic heterocycles. The summed E-state index contributed by atoms with van der Waals surface area (Å²) < 4.78 is 6.56. The number of benzene rings is 5. The van der Waals surface area contributed by atoms with E-state index in [1.165, 1.54) is 28.5 Å². The van der Waals surface area contributed by atoms with Gasteiger partial charge in [0.1, 0.15) is 23.3 Å². The maximum absolute atomic E-state index is 13.9. The molecular formula is C50H41N5O9S. The zero-order valence-corrected chi connectivity index (χ0v) is 35.6. The van der Waals surface area contributed by atoms with Gasteiger partial charge in [0.25, 0.3) is 11.8 Å². The lowest BCUT2D eigenvalue weighted by Gasteiger charge is -2.29. The minimum absolute atomic E-state index is 0.0872. The predicted molar refractivity (Wildman–Crippen MR) is 244 cm³/mol. The van der Waals surface area contributed by atoms with Crippen LogP contribution in [0.5, 0.6) is 17.2 Å². The highest BCUT2D eigenvalue weighted by atomic mass is 32.1. The van der Waals surface area contributed by atoms with E-state index < -0.39 is 17.9 Å². The van der Waals surface area contributed by atoms with E-state index in [0.717, 1.165) is 21.4 Å². The van der Waals surface area contributed by atoms with E-state index in [1.54, 1.807) is 103 Å². The number of hydrogen-bond acceptors (Lipinski definition) is 11. The van der Waals surface area contributed by atoms with E-state index in [-0.39, 0.29) is 60.9 Å². The Kier molecular flexibility index (Phi) is 13.1. The van der Waals surface area contributed by atoms with Crippen molar-refractivity contribution in [2.75, 3.05) is 13.2 Å². The number of amides is 5. The Bertz CT molecular complexity index is 2930. The number of fused-ring (bicyclic) bond motifs is 2. The van der Waals surface area contributed by atoms with Gasteiger partial charge in [0.15, 0.2) is 5.78 Å². The average Bonchev–Trinajstić information content (AvgIpc) is 3.85. The van der Waals surface area contributed by atoms with Crippen molar-refractivity contribution in [1.29, 1.82) is 0 Å². The highest BCUT2D eigenvalue weighted by Gasteiger charge is 2.39. The predicted octanol–water partition coefficient (Wildman–Crippen LogP) is 6.45. The van der Waals surface area contributed by atoms with Crippen LogP contribution in [0, 0.1) is 11.8 Å². The van der Waals surface area contributed by atoms with E-state index in [2.05, 4.69) is 33.0 Å². The van der Waals surface area contributed by atoms with Gasteiger partial charge >= 0.3 is 0 Å². The number of piperidine rings is 1. The molecule has 8 rings (SSSR count). The summed E-state index contributed by atoms with van der Waals surface area (Å²) in [6.45, 7) is 0.758. The molecule has 0 saturated carbocycles. The molecule has 1 unspecified atom stereocenters. The molecule has 1 atom stereocenters. The molecule has 2 aliphatic heterocycles. The highest BCUT2D eigenvalue weighted by Crippen LogP contribution is 2.41. The summed E-state index contributed by atoms with van der Waals surface area (Å²) in [5, 5.41) is 29.7. The highest BCUT2D eigenvalue weighted by molar-refractivity contribution is 7.22. The number of ether oxygens (including phenoxy) is 1. The molecule has 14 nitrogen and oxygen atoms in total. The van der Waals surface area contributed by atoms with Crippen LogP contribution in [0.2, 0.25) is 0 Å². The molecule has 326 valence electrons. The number of phenolic OH excluding ortho intramolecular Hbond substituents is 2. The van der Waals surface area contributed by atoms with Crippen molar-refractivity contribution in [3.8, 4) is 39.5 Å². The van der Waals surface area contributed by atoms with Crippen LogP contribution in [-0.2, 0) is 20.9 Å². The molecule has 5 amide bonds. The molecular weight excluding hydrogens is 847 g/mol. The van der Waals surface area contributed by atoms with Crippen LogP contribution in [0.4, 0.5) is 0 Å². The van der Waals surface area contributed by atoms with Crippen molar-refractivity contribution in [2.24, 2.45) is 5.10 Å². The maximum Gasteiger partial charge on any atom is 0.271 e. The van der Waals surface area contributed by atoms with Crippen LogP contribution in [0.15, 0.2) is 114 Å². The Morgan fingerprint density at radius 2 is 1.65 bits per heavy atom. The number of carbonyl (C=O) groups excluding carboxylic acids is 6. The molecule has 1 saturated heterocycles. The van der Waals surface area contributed by atoms with E-state index in [4.69, 9.17) is 4.74 Å². The van der Waals surface area contributed by atoms with Gasteiger partial charge in [-0.3, -0.25) is 34.1 Å². The monoisotopic (exact) mass is 887 g/mol. The van der Waals surface area contributed by atoms with Crippen LogP contribution in [-0.4, -0.2) is 75.8 Å². The number of rotatable bonds is 14. The first-order valence-electron chi connectivity index (χ1n) is 20.8. The number of hydrogen-bond donors (Lipinski definition) is 5. The maximum atomic E-state index is 13.9. The molecule has 0 radical (unpaired) electrons. The number of thiophene rings is 1. The lowest BCUT2D eigenvalue weighted by molar-refractivity contribution is -0.137. The Labute approximate surface area is 376 Å². The summed E-state index contributed by atoms with van der Waals surface area (Å²) in [4.78, 5) is 78.4. The fraction of sp³-hybridized carbons (Fsp3) is 0.180. The van der Waals surface area contributed by atoms with Gasteiger partial charge in [-0.15, -0.1) is 11.3 Å². The summed E-state index contributed by atoms with van der Waals surface area (Å²) in [5.41, 5.74) is 6.98. The molecule has 0 aliphatic carbocycles. The van der Waals surface area contributed by atoms with Gasteiger partial charge in [-0.1, -0.05) is 30.0 Å². The molecule has 65 heavy (non-hydrogen) atoms. The second-order valence-electron chi connectivity index (χ2n) is 15.3. The summed E-state index contributed by atoms with van der Waals surface area (Å²) in [7, 11) is 0. The van der Waals surface area contributed by atoms with E-state index in [1.807, 2.05) is 0 Å². The SMILES string of the molecule is O=C(CCCCOc1ccc(/C=N/NC(=O)c2ccc(C(=O)c3c(-c4ccc(O)cc4)sc4cc(O)ccc34)cc2)cc1)NCC#Cc1cccc2c1CN(C1CCC(=O)NC1=O)C2=O. The summed E-state index contributed by atoms with van der Waals surface area (Å²) >= 11 is 1.37. The second-order valence-corrected chi connectivity index (χ2v) is 16.4. The van der Waals surface area contributed by atoms with E-state index >= 15 is 0 Å². The van der Waals surface area contributed by atoms with Gasteiger partial charge in [-0.2, -0.15) is 5.10 Å². The fourth-order valence-electron chi connectivity index (χ4n) is 7.58. The van der Waals surface area contributed by atoms with Crippen LogP contribution >= 0.6 is 11.3 Å². The number of aromatic hydroxyl groups is 2. The minimum atomic E-state index is -0.706. The van der Waals surface area contributed by atoms with E-state index in [0.29, 0.717) is 69.7 Å². The first-order chi connectivity index (χ1) is 31.5. The van der Waals surface area contributed by atoms with Crippen molar-refractivity contribution in [3.63, 3.8) is 0 Å². The third-order valence-corrected chi connectivity index (χ3v) is 12.1. The quantitative estimate of drug-likeness (QED) is 0.0203. The van der Waals surface area contributed by atoms with Crippen molar-refractivity contribution < 1.29 is 43.7 Å². The number of unbranched alkanes of at least 4 members (excludes halogenated alkanes) is 1. The summed E-state index contributed by atoms with van der Waals surface area (Å²) in [5.74, 6) is 4.89. The van der Waals surface area contributed by atoms with Crippen molar-refractivity contribution in [2.45, 2.75) is 44.7 Å². The van der Waals surface area contributed by atoms with Crippen LogP contribution in [0.3, 0.4) is 0 Å². The van der Waals surface area contributed by atoms with Crippen LogP contribution < -0.4 is 20.8 Å². The number of phenols is 2. The molecule has 1 fully saturated rings. The minimum Gasteiger partial charge on any atom is -0.508 e. The smallest absolute Gasteiger partial charge is 0.271 e. The molecule has 0 bridgehead atoms. The number of imide groups is 1. The van der Waals surface area contributed by atoms with E-state index in [9.17, 15) is 39.0 Å². The average molecular weight is 888 g/mol. The molecule has 5 aromatic carbocycles. The van der Waals surface area contributed by atoms with Gasteiger partial charge in [-0.05, 0) is 127 Å². The Morgan fingerprint density at radius 1 is 0.892 bits per heavy atom. The largest absolute Gasteiger partial charge is 0.508 e. The first-order valence-corrected chi connectivity index (χ1v) is 21.6. The van der Waals surface area contributed by atoms with Gasteiger partial charge < -0.3 is 25.2 Å². The number of nitrogens with zero attached hydrogens (tertiary/aromatic N) is 2. The zero-order chi connectivity index (χ0) is 45.5. The number of hydrazone groups is 1. The molecule has 2 aliphatic rings. The number of carbonyl (C=O) groups is 6. The Morgan fingerprint density at radius 3 is 2.42 bits per heavy atom. The van der Waals surface area contributed by atoms with Crippen molar-refractivity contribution in [3.05, 3.63) is 148 Å². The summed E-state index contributed by atoms with van der Waals surface area (Å²) in [6.07, 6.45) is 3.51. The molecule has 0 spiro atoms. The van der Waals surface area contributed by atoms with Crippen molar-refractivity contribution in [1.82, 2.24) is 21.0 Å². The molecule has 15 heteroatoms. The van der Waals surface area contributed by atoms with Gasteiger partial charge in [0.2, 0.25) is 17.7 Å². The number of nitrogens with one attached hydrogen (secondary N) is 3. The third-order valence-electron chi connectivity index (χ3n) is 10.9. The Hall–Kier alpha value is -8.09. The Balaban J connectivity index is 0.750. The molecule has 5 N–H and O–H groups in total. The zero-order valence-electron chi connectivity index (χ0n) is 34.8. The fourth-order valence-corrected chi connectivity index (χ4v) is 8.81. The lowest BCUT2D eigenvalue weighted by atomic mass is 9.97. The lowest BCUT2D eigenvalue weighted by Crippen LogP contribution is -2.52. The van der Waals surface area contributed by atoms with Crippen LogP contribution in [0.25, 0.3) is 20.5 Å². The summed E-state index contributed by atoms with van der Waals surface area (Å²) in [6, 6.07) is 29.4. The van der Waals surface area contributed by atoms with Gasteiger partial charge in [0, 0.05) is 62.2 Å². The molecule has 6 aromatic rings. The molecule has 3 heterocycles. The standard InChI is InChI=1S/C50H41N5O9S/c56-35-17-15-33(16-18-35)47-45(39-22-19-36(57)27-42(39)65-47)46(60)32-11-13-34(14-12-32)48(61)54-52-28-30-9-20-37(21-10-30)64-26-2-1-8-43(58)51-25-4-6-31-5-3-7-38-40(31)29-55(50(38)63)41-23-24-44(59)53-49(41)62/h3,5,7,9-22,27-28,41,56-57H,1-2,8,23-26,29H2,(H,51,58)(H,54,61)(H,53,59,62)/b52-28+. The first kappa shape index (κ1) is 43.6. The normalized spacial score (nSPS) is 14.4. The number of ketones is 1. The van der Waals surface area contributed by atoms with Gasteiger partial charge in [0.05, 0.1) is 19.4 Å². The van der Waals surface area contributed by atoms with Gasteiger partial charge in [-0.25, -0.2) is 5.43 Å². The van der Waals surface area contributed by atoms with Crippen molar-refractivity contribution >= 4 is 63.0 Å².